The second kappa shape index (κ2) is 9.90. The molecule has 0 unspecified atom stereocenters. The first kappa shape index (κ1) is 19.9. The molecular formula is C16H32N4O2S. The summed E-state index contributed by atoms with van der Waals surface area (Å²) in [4.78, 5) is 18.6. The molecule has 23 heavy (non-hydrogen) atoms. The topological polar surface area (TPSA) is 66.0 Å². The summed E-state index contributed by atoms with van der Waals surface area (Å²) >= 11 is 1.78. The van der Waals surface area contributed by atoms with E-state index in [0.29, 0.717) is 19.1 Å². The van der Waals surface area contributed by atoms with Gasteiger partial charge in [-0.15, -0.1) is 0 Å². The number of thioether (sulfide) groups is 1. The van der Waals surface area contributed by atoms with E-state index in [0.717, 1.165) is 37.6 Å². The molecule has 0 atom stereocenters. The summed E-state index contributed by atoms with van der Waals surface area (Å²) < 4.78 is 5.50. The third kappa shape index (κ3) is 8.93. The molecule has 1 fully saturated rings. The Morgan fingerprint density at radius 2 is 2.04 bits per heavy atom. The molecule has 7 heteroatoms. The van der Waals surface area contributed by atoms with E-state index in [1.807, 2.05) is 32.6 Å². The number of carbonyl (C=O) groups is 1. The molecule has 1 saturated carbocycles. The van der Waals surface area contributed by atoms with E-state index in [4.69, 9.17) is 4.74 Å². The first-order chi connectivity index (χ1) is 10.9. The number of rotatable bonds is 8. The summed E-state index contributed by atoms with van der Waals surface area (Å²) in [5.74, 6) is 1.81. The van der Waals surface area contributed by atoms with Crippen LogP contribution in [0.4, 0.5) is 4.79 Å². The molecule has 1 aliphatic carbocycles. The first-order valence-electron chi connectivity index (χ1n) is 8.38. The number of hydrogen-bond donors (Lipinski definition) is 2. The number of amides is 1. The van der Waals surface area contributed by atoms with Crippen molar-refractivity contribution in [3.63, 3.8) is 0 Å². The predicted molar refractivity (Wildman–Crippen MR) is 98.3 cm³/mol. The highest BCUT2D eigenvalue weighted by Crippen LogP contribution is 2.27. The number of nitrogens with zero attached hydrogens (tertiary/aromatic N) is 2. The number of hydrogen-bond acceptors (Lipinski definition) is 4. The van der Waals surface area contributed by atoms with Gasteiger partial charge >= 0.3 is 6.09 Å². The van der Waals surface area contributed by atoms with Crippen LogP contribution in [0.25, 0.3) is 0 Å². The summed E-state index contributed by atoms with van der Waals surface area (Å²) in [6, 6.07) is 0.336. The van der Waals surface area contributed by atoms with Crippen LogP contribution in [-0.4, -0.2) is 66.8 Å². The summed E-state index contributed by atoms with van der Waals surface area (Å²) in [5, 5.41) is 6.51. The fraction of sp³-hybridized carbons (Fsp3) is 0.875. The maximum Gasteiger partial charge on any atom is 0.410 e. The van der Waals surface area contributed by atoms with E-state index in [9.17, 15) is 4.79 Å². The third-order valence-corrected chi connectivity index (χ3v) is 3.76. The first-order valence-corrected chi connectivity index (χ1v) is 9.77. The SMILES string of the molecule is CCNC(=NCCSC)NCCN(C(=O)OC(C)(C)C)C1CC1. The van der Waals surface area contributed by atoms with Crippen LogP contribution in [0.5, 0.6) is 0 Å². The Labute approximate surface area is 144 Å². The third-order valence-electron chi connectivity index (χ3n) is 3.17. The van der Waals surface area contributed by atoms with Gasteiger partial charge in [-0.2, -0.15) is 11.8 Å². The zero-order chi connectivity index (χ0) is 17.3. The molecule has 0 heterocycles. The molecule has 0 aliphatic heterocycles. The van der Waals surface area contributed by atoms with Gasteiger partial charge in [0.25, 0.3) is 0 Å². The van der Waals surface area contributed by atoms with Gasteiger partial charge in [-0.3, -0.25) is 4.99 Å². The average molecular weight is 345 g/mol. The molecule has 0 bridgehead atoms. The van der Waals surface area contributed by atoms with Crippen LogP contribution in [0.3, 0.4) is 0 Å². The van der Waals surface area contributed by atoms with Gasteiger partial charge in [-0.1, -0.05) is 0 Å². The molecular weight excluding hydrogens is 312 g/mol. The highest BCUT2D eigenvalue weighted by Gasteiger charge is 2.34. The molecule has 0 aromatic heterocycles. The van der Waals surface area contributed by atoms with Gasteiger partial charge in [-0.05, 0) is 46.8 Å². The molecule has 0 saturated heterocycles. The van der Waals surface area contributed by atoms with Crippen molar-refractivity contribution in [2.75, 3.05) is 38.2 Å². The molecule has 1 aliphatic rings. The summed E-state index contributed by atoms with van der Waals surface area (Å²) in [5.41, 5.74) is -0.453. The smallest absolute Gasteiger partial charge is 0.410 e. The minimum absolute atomic E-state index is 0.217. The Bertz CT molecular complexity index is 392. The van der Waals surface area contributed by atoms with Gasteiger partial charge < -0.3 is 20.3 Å². The fourth-order valence-electron chi connectivity index (χ4n) is 2.01. The van der Waals surface area contributed by atoms with Crippen LogP contribution in [0.15, 0.2) is 4.99 Å². The summed E-state index contributed by atoms with van der Waals surface area (Å²) in [6.45, 7) is 10.6. The second-order valence-electron chi connectivity index (χ2n) is 6.59. The predicted octanol–water partition coefficient (Wildman–Crippen LogP) is 2.30. The monoisotopic (exact) mass is 344 g/mol. The van der Waals surface area contributed by atoms with Gasteiger partial charge in [0.2, 0.25) is 0 Å². The molecule has 1 amide bonds. The van der Waals surface area contributed by atoms with E-state index >= 15 is 0 Å². The van der Waals surface area contributed by atoms with Crippen LogP contribution in [-0.2, 0) is 4.74 Å². The standard InChI is InChI=1S/C16H32N4O2S/c1-6-17-14(19-10-12-23-5)18-9-11-20(13-7-8-13)15(21)22-16(2,3)4/h13H,6-12H2,1-5H3,(H2,17,18,19). The Morgan fingerprint density at radius 1 is 1.35 bits per heavy atom. The Hall–Kier alpha value is -1.11. The Balaban J connectivity index is 2.44. The molecule has 0 aromatic rings. The normalized spacial score (nSPS) is 15.3. The number of nitrogens with one attached hydrogen (secondary N) is 2. The van der Waals surface area contributed by atoms with Gasteiger partial charge in [0.05, 0.1) is 6.54 Å². The molecule has 0 aromatic carbocycles. The fourth-order valence-corrected chi connectivity index (χ4v) is 2.29. The van der Waals surface area contributed by atoms with E-state index < -0.39 is 5.60 Å². The van der Waals surface area contributed by atoms with Crippen molar-refractivity contribution in [2.24, 2.45) is 4.99 Å². The summed E-state index contributed by atoms with van der Waals surface area (Å²) in [7, 11) is 0. The highest BCUT2D eigenvalue weighted by atomic mass is 32.2. The van der Waals surface area contributed by atoms with Crippen molar-refractivity contribution in [2.45, 2.75) is 52.2 Å². The maximum atomic E-state index is 12.3. The van der Waals surface area contributed by atoms with Gasteiger partial charge in [0.15, 0.2) is 5.96 Å². The lowest BCUT2D eigenvalue weighted by molar-refractivity contribution is 0.0238. The van der Waals surface area contributed by atoms with Gasteiger partial charge in [-0.25, -0.2) is 4.79 Å². The zero-order valence-electron chi connectivity index (χ0n) is 15.1. The minimum atomic E-state index is -0.453. The van der Waals surface area contributed by atoms with Gasteiger partial charge in [0, 0.05) is 31.4 Å². The largest absolute Gasteiger partial charge is 0.444 e. The van der Waals surface area contributed by atoms with Crippen molar-refractivity contribution in [1.29, 1.82) is 0 Å². The zero-order valence-corrected chi connectivity index (χ0v) is 16.0. The Morgan fingerprint density at radius 3 is 2.57 bits per heavy atom. The quantitative estimate of drug-likeness (QED) is 0.402. The molecule has 134 valence electrons. The minimum Gasteiger partial charge on any atom is -0.444 e. The van der Waals surface area contributed by atoms with E-state index in [1.165, 1.54) is 0 Å². The van der Waals surface area contributed by atoms with Crippen molar-refractivity contribution >= 4 is 23.8 Å². The number of aliphatic imine (C=N–C) groups is 1. The van der Waals surface area contributed by atoms with Crippen LogP contribution >= 0.6 is 11.8 Å². The van der Waals surface area contributed by atoms with Crippen LogP contribution < -0.4 is 10.6 Å². The van der Waals surface area contributed by atoms with Gasteiger partial charge in [0.1, 0.15) is 5.60 Å². The molecule has 0 radical (unpaired) electrons. The molecule has 0 spiro atoms. The molecule has 6 nitrogen and oxygen atoms in total. The molecule has 1 rings (SSSR count). The van der Waals surface area contributed by atoms with E-state index in [1.54, 1.807) is 11.8 Å². The lowest BCUT2D eigenvalue weighted by Crippen LogP contribution is -2.45. The van der Waals surface area contributed by atoms with Crippen molar-refractivity contribution in [1.82, 2.24) is 15.5 Å². The lowest BCUT2D eigenvalue weighted by atomic mass is 10.2. The van der Waals surface area contributed by atoms with Crippen LogP contribution in [0, 0.1) is 0 Å². The van der Waals surface area contributed by atoms with Crippen molar-refractivity contribution in [3.05, 3.63) is 0 Å². The van der Waals surface area contributed by atoms with Crippen LogP contribution in [0.2, 0.25) is 0 Å². The number of guanidine groups is 1. The van der Waals surface area contributed by atoms with Crippen molar-refractivity contribution < 1.29 is 9.53 Å². The Kier molecular flexibility index (Phi) is 8.58. The van der Waals surface area contributed by atoms with Crippen molar-refractivity contribution in [3.8, 4) is 0 Å². The number of ether oxygens (including phenoxy) is 1. The average Bonchev–Trinajstić information content (AvgIpc) is 3.26. The second-order valence-corrected chi connectivity index (χ2v) is 7.57. The lowest BCUT2D eigenvalue weighted by Gasteiger charge is -2.27. The van der Waals surface area contributed by atoms with E-state index in [2.05, 4.69) is 21.9 Å². The summed E-state index contributed by atoms with van der Waals surface area (Å²) in [6.07, 6.45) is 4.00. The highest BCUT2D eigenvalue weighted by molar-refractivity contribution is 7.98. The maximum absolute atomic E-state index is 12.3. The number of carbonyl (C=O) groups excluding carboxylic acids is 1. The van der Waals surface area contributed by atoms with Crippen LogP contribution in [0.1, 0.15) is 40.5 Å². The molecule has 2 N–H and O–H groups in total. The van der Waals surface area contributed by atoms with E-state index in [-0.39, 0.29) is 6.09 Å².